The molecule has 2 aromatic rings. The Morgan fingerprint density at radius 3 is 2.48 bits per heavy atom. The van der Waals surface area contributed by atoms with Crippen LogP contribution in [0.1, 0.15) is 41.0 Å². The summed E-state index contributed by atoms with van der Waals surface area (Å²) in [5, 5.41) is 8.11. The number of benzene rings is 1. The number of anilines is 1. The van der Waals surface area contributed by atoms with Crippen molar-refractivity contribution in [2.75, 3.05) is 37.7 Å². The van der Waals surface area contributed by atoms with E-state index in [1.807, 2.05) is 4.90 Å². The average molecular weight is 486 g/mol. The van der Waals surface area contributed by atoms with E-state index in [-0.39, 0.29) is 24.4 Å². The molecule has 4 rings (SSSR count). The fourth-order valence-electron chi connectivity index (χ4n) is 4.00. The van der Waals surface area contributed by atoms with Crippen LogP contribution in [0.5, 0.6) is 0 Å². The van der Waals surface area contributed by atoms with Crippen molar-refractivity contribution in [3.8, 4) is 0 Å². The van der Waals surface area contributed by atoms with Crippen molar-refractivity contribution in [3.05, 3.63) is 41.2 Å². The molecule has 3 unspecified atom stereocenters. The predicted octanol–water partition coefficient (Wildman–Crippen LogP) is 1.64. The van der Waals surface area contributed by atoms with E-state index in [4.69, 9.17) is 4.74 Å². The number of hydrogen-bond donors (Lipinski definition) is 0. The third-order valence-electron chi connectivity index (χ3n) is 5.67. The topological polar surface area (TPSA) is 91.2 Å². The van der Waals surface area contributed by atoms with Crippen molar-refractivity contribution in [2.24, 2.45) is 5.10 Å². The quantitative estimate of drug-likeness (QED) is 0.482. The largest absolute Gasteiger partial charge is 0.461 e. The van der Waals surface area contributed by atoms with E-state index in [9.17, 15) is 9.59 Å². The number of amides is 2. The molecule has 174 valence electrons. The van der Waals surface area contributed by atoms with E-state index in [2.05, 4.69) is 51.7 Å². The lowest BCUT2D eigenvalue weighted by Gasteiger charge is -2.37. The minimum Gasteiger partial charge on any atom is -0.461 e. The molecule has 3 heterocycles. The number of piperazine rings is 1. The standard InChI is InChI=1S/C22H28N6O3P2/c1-3-31-20(29)19-14(2)13-23-21(25-19)26-6-8-27(9-7-26)22(30)28-18(4-5-24-28)15-10-16(32)12-17(33)11-15/h5,10-13,18H,3-4,6-9,32-33H2,1-2H3. The van der Waals surface area contributed by atoms with Gasteiger partial charge in [-0.2, -0.15) is 5.10 Å². The lowest BCUT2D eigenvalue weighted by Crippen LogP contribution is -2.52. The van der Waals surface area contributed by atoms with E-state index in [1.165, 1.54) is 0 Å². The molecule has 0 bridgehead atoms. The molecule has 1 fully saturated rings. The first kappa shape index (κ1) is 23.5. The SMILES string of the molecule is CCOC(=O)c1nc(N2CCN(C(=O)N3N=CCC3c3cc(P)cc(P)c3)CC2)ncc1C. The number of ether oxygens (including phenoxy) is 1. The molecule has 2 aliphatic rings. The summed E-state index contributed by atoms with van der Waals surface area (Å²) in [5.41, 5.74) is 2.02. The summed E-state index contributed by atoms with van der Waals surface area (Å²) in [6, 6.07) is 5.99. The van der Waals surface area contributed by atoms with Gasteiger partial charge in [0.25, 0.3) is 0 Å². The fraction of sp³-hybridized carbons (Fsp3) is 0.409. The maximum Gasteiger partial charge on any atom is 0.357 e. The molecule has 0 spiro atoms. The summed E-state index contributed by atoms with van der Waals surface area (Å²) in [6.45, 7) is 6.00. The second kappa shape index (κ2) is 10.1. The lowest BCUT2D eigenvalue weighted by atomic mass is 10.0. The summed E-state index contributed by atoms with van der Waals surface area (Å²) in [7, 11) is 5.42. The van der Waals surface area contributed by atoms with Crippen LogP contribution >= 0.6 is 18.5 Å². The maximum atomic E-state index is 13.3. The Balaban J connectivity index is 1.42. The minimum absolute atomic E-state index is 0.107. The van der Waals surface area contributed by atoms with Gasteiger partial charge < -0.3 is 14.5 Å². The number of aryl methyl sites for hydroxylation is 1. The highest BCUT2D eigenvalue weighted by Crippen LogP contribution is 2.29. The van der Waals surface area contributed by atoms with Crippen molar-refractivity contribution in [3.63, 3.8) is 0 Å². The van der Waals surface area contributed by atoms with Crippen molar-refractivity contribution < 1.29 is 14.3 Å². The first-order valence-electron chi connectivity index (χ1n) is 10.9. The Morgan fingerprint density at radius 1 is 1.12 bits per heavy atom. The van der Waals surface area contributed by atoms with Gasteiger partial charge in [0, 0.05) is 50.6 Å². The third-order valence-corrected chi connectivity index (χ3v) is 6.34. The minimum atomic E-state index is -0.450. The molecule has 1 aromatic carbocycles. The fourth-order valence-corrected chi connectivity index (χ4v) is 4.97. The van der Waals surface area contributed by atoms with Crippen LogP contribution in [0, 0.1) is 6.92 Å². The van der Waals surface area contributed by atoms with E-state index >= 15 is 0 Å². The Hall–Kier alpha value is -2.63. The van der Waals surface area contributed by atoms with Gasteiger partial charge in [-0.15, -0.1) is 18.5 Å². The van der Waals surface area contributed by atoms with Gasteiger partial charge in [0.15, 0.2) is 5.69 Å². The van der Waals surface area contributed by atoms with Gasteiger partial charge in [0.05, 0.1) is 12.6 Å². The normalized spacial score (nSPS) is 18.1. The zero-order valence-corrected chi connectivity index (χ0v) is 21.1. The zero-order valence-electron chi connectivity index (χ0n) is 18.8. The highest BCUT2D eigenvalue weighted by atomic mass is 31.0. The van der Waals surface area contributed by atoms with E-state index in [0.29, 0.717) is 44.1 Å². The number of rotatable bonds is 4. The monoisotopic (exact) mass is 486 g/mol. The van der Waals surface area contributed by atoms with Crippen molar-refractivity contribution in [1.29, 1.82) is 0 Å². The molecule has 0 aliphatic carbocycles. The van der Waals surface area contributed by atoms with Gasteiger partial charge in [-0.1, -0.05) is 0 Å². The Morgan fingerprint density at radius 2 is 1.82 bits per heavy atom. The summed E-state index contributed by atoms with van der Waals surface area (Å²) >= 11 is 0. The van der Waals surface area contributed by atoms with Gasteiger partial charge in [0.1, 0.15) is 0 Å². The van der Waals surface area contributed by atoms with Crippen LogP contribution in [0.15, 0.2) is 29.5 Å². The molecule has 1 saturated heterocycles. The molecule has 0 radical (unpaired) electrons. The molecule has 0 saturated carbocycles. The molecular weight excluding hydrogens is 458 g/mol. The average Bonchev–Trinajstić information content (AvgIpc) is 3.28. The number of hydrogen-bond acceptors (Lipinski definition) is 7. The maximum absolute atomic E-state index is 13.3. The number of nitrogens with zero attached hydrogens (tertiary/aromatic N) is 6. The molecule has 2 aliphatic heterocycles. The molecule has 1 aromatic heterocycles. The smallest absolute Gasteiger partial charge is 0.357 e. The summed E-state index contributed by atoms with van der Waals surface area (Å²) in [4.78, 5) is 38.0. The molecule has 9 nitrogen and oxygen atoms in total. The van der Waals surface area contributed by atoms with Crippen LogP contribution in [0.4, 0.5) is 10.7 Å². The van der Waals surface area contributed by atoms with E-state index in [0.717, 1.165) is 16.2 Å². The second-order valence-electron chi connectivity index (χ2n) is 8.01. The Kier molecular flexibility index (Phi) is 7.20. The molecule has 3 atom stereocenters. The highest BCUT2D eigenvalue weighted by Gasteiger charge is 2.33. The third kappa shape index (κ3) is 5.15. The van der Waals surface area contributed by atoms with Crippen LogP contribution in [0.25, 0.3) is 0 Å². The van der Waals surface area contributed by atoms with Crippen LogP contribution in [0.3, 0.4) is 0 Å². The van der Waals surface area contributed by atoms with Gasteiger partial charge in [-0.3, -0.25) is 0 Å². The van der Waals surface area contributed by atoms with Crippen LogP contribution in [-0.2, 0) is 4.74 Å². The number of urea groups is 1. The Bertz CT molecular complexity index is 1070. The molecule has 33 heavy (non-hydrogen) atoms. The van der Waals surface area contributed by atoms with Gasteiger partial charge in [-0.05, 0) is 48.2 Å². The molecule has 11 heteroatoms. The summed E-state index contributed by atoms with van der Waals surface area (Å²) in [6.07, 6.45) is 4.13. The molecular formula is C22H28N6O3P2. The van der Waals surface area contributed by atoms with Crippen LogP contribution in [0.2, 0.25) is 0 Å². The summed E-state index contributed by atoms with van der Waals surface area (Å²) in [5.74, 6) is 0.0200. The van der Waals surface area contributed by atoms with Crippen molar-refractivity contribution in [1.82, 2.24) is 19.9 Å². The van der Waals surface area contributed by atoms with Gasteiger partial charge in [-0.25, -0.2) is 24.6 Å². The van der Waals surface area contributed by atoms with Crippen LogP contribution < -0.4 is 15.5 Å². The predicted molar refractivity (Wildman–Crippen MR) is 135 cm³/mol. The number of esters is 1. The number of hydrazone groups is 1. The van der Waals surface area contributed by atoms with Crippen molar-refractivity contribution >= 4 is 53.3 Å². The number of aromatic nitrogens is 2. The Labute approximate surface area is 198 Å². The zero-order chi connectivity index (χ0) is 23.5. The van der Waals surface area contributed by atoms with E-state index < -0.39 is 5.97 Å². The number of carbonyl (C=O) groups is 2. The second-order valence-corrected chi connectivity index (χ2v) is 9.34. The van der Waals surface area contributed by atoms with Gasteiger partial charge >= 0.3 is 12.0 Å². The van der Waals surface area contributed by atoms with Crippen LogP contribution in [-0.4, -0.2) is 70.9 Å². The first-order chi connectivity index (χ1) is 15.9. The molecule has 0 N–H and O–H groups in total. The summed E-state index contributed by atoms with van der Waals surface area (Å²) < 4.78 is 5.10. The van der Waals surface area contributed by atoms with E-state index in [1.54, 1.807) is 36.2 Å². The molecule has 2 amide bonds. The first-order valence-corrected chi connectivity index (χ1v) is 12.0. The van der Waals surface area contributed by atoms with Gasteiger partial charge in [0.2, 0.25) is 5.95 Å². The number of carbonyl (C=O) groups excluding carboxylic acids is 2. The van der Waals surface area contributed by atoms with Crippen molar-refractivity contribution in [2.45, 2.75) is 26.3 Å². The highest BCUT2D eigenvalue weighted by molar-refractivity contribution is 7.29. The lowest BCUT2D eigenvalue weighted by molar-refractivity contribution is 0.0518.